The Balaban J connectivity index is 1.40. The third-order valence-electron chi connectivity index (χ3n) is 3.39. The third kappa shape index (κ3) is 4.32. The van der Waals surface area contributed by atoms with E-state index in [9.17, 15) is 4.79 Å². The minimum absolute atomic E-state index is 0.0408. The Morgan fingerprint density at radius 2 is 1.87 bits per heavy atom. The first-order valence-corrected chi connectivity index (χ1v) is 8.65. The fourth-order valence-corrected chi connectivity index (χ4v) is 3.07. The molecule has 0 fully saturated rings. The maximum Gasteiger partial charge on any atom is 0.241 e. The zero-order valence-electron chi connectivity index (χ0n) is 12.7. The maximum absolute atomic E-state index is 12.0. The molecule has 23 heavy (non-hydrogen) atoms. The van der Waals surface area contributed by atoms with Crippen molar-refractivity contribution in [2.75, 3.05) is 12.3 Å². The number of aromatic nitrogens is 3. The van der Waals surface area contributed by atoms with Crippen molar-refractivity contribution in [2.45, 2.75) is 12.3 Å². The fraction of sp³-hybridized carbons (Fsp3) is 0.235. The zero-order chi connectivity index (χ0) is 15.9. The van der Waals surface area contributed by atoms with Crippen LogP contribution < -0.4 is 5.32 Å². The van der Waals surface area contributed by atoms with Crippen LogP contribution in [0.5, 0.6) is 0 Å². The second-order valence-corrected chi connectivity index (χ2v) is 6.23. The first kappa shape index (κ1) is 15.6. The highest BCUT2D eigenvalue weighted by atomic mass is 32.2. The Bertz CT molecular complexity index is 772. The largest absolute Gasteiger partial charge is 0.354 e. The van der Waals surface area contributed by atoms with Crippen molar-refractivity contribution in [3.63, 3.8) is 0 Å². The molecule has 3 aromatic rings. The van der Waals surface area contributed by atoms with E-state index >= 15 is 0 Å². The van der Waals surface area contributed by atoms with E-state index in [2.05, 4.69) is 27.8 Å². The molecule has 1 heterocycles. The number of amides is 1. The summed E-state index contributed by atoms with van der Waals surface area (Å²) in [4.78, 5) is 12.0. The van der Waals surface area contributed by atoms with Crippen molar-refractivity contribution in [2.24, 2.45) is 0 Å². The Morgan fingerprint density at radius 1 is 1.09 bits per heavy atom. The highest BCUT2D eigenvalue weighted by Gasteiger charge is 2.07. The van der Waals surface area contributed by atoms with Crippen LogP contribution in [0.3, 0.4) is 0 Å². The highest BCUT2D eigenvalue weighted by Crippen LogP contribution is 2.11. The van der Waals surface area contributed by atoms with Gasteiger partial charge < -0.3 is 5.32 Å². The van der Waals surface area contributed by atoms with Gasteiger partial charge in [-0.25, -0.2) is 4.68 Å². The molecule has 0 unspecified atom stereocenters. The number of para-hydroxylation sites is 1. The van der Waals surface area contributed by atoms with E-state index in [1.54, 1.807) is 4.68 Å². The number of thioether (sulfide) groups is 1. The number of benzene rings is 2. The summed E-state index contributed by atoms with van der Waals surface area (Å²) in [6, 6.07) is 18.0. The summed E-state index contributed by atoms with van der Waals surface area (Å²) >= 11 is 1.81. The molecule has 5 nitrogen and oxygen atoms in total. The van der Waals surface area contributed by atoms with Crippen molar-refractivity contribution >= 4 is 28.7 Å². The summed E-state index contributed by atoms with van der Waals surface area (Å²) in [7, 11) is 0. The van der Waals surface area contributed by atoms with Crippen LogP contribution in [0.4, 0.5) is 0 Å². The van der Waals surface area contributed by atoms with Crippen molar-refractivity contribution in [1.29, 1.82) is 0 Å². The lowest BCUT2D eigenvalue weighted by Gasteiger charge is -2.06. The van der Waals surface area contributed by atoms with E-state index in [4.69, 9.17) is 0 Å². The number of rotatable bonds is 7. The second kappa shape index (κ2) is 7.78. The molecular formula is C17H18N4OS. The summed E-state index contributed by atoms with van der Waals surface area (Å²) in [5, 5.41) is 11.0. The van der Waals surface area contributed by atoms with Gasteiger partial charge in [-0.2, -0.15) is 11.8 Å². The molecule has 0 saturated heterocycles. The average molecular weight is 326 g/mol. The first-order valence-electron chi connectivity index (χ1n) is 7.49. The number of carbonyl (C=O) groups excluding carboxylic acids is 1. The van der Waals surface area contributed by atoms with Crippen LogP contribution in [0.1, 0.15) is 5.56 Å². The van der Waals surface area contributed by atoms with Crippen LogP contribution in [0.2, 0.25) is 0 Å². The van der Waals surface area contributed by atoms with Crippen molar-refractivity contribution in [1.82, 2.24) is 20.3 Å². The minimum Gasteiger partial charge on any atom is -0.354 e. The number of fused-ring (bicyclic) bond motifs is 1. The number of hydrogen-bond acceptors (Lipinski definition) is 4. The van der Waals surface area contributed by atoms with Crippen molar-refractivity contribution in [3.8, 4) is 0 Å². The van der Waals surface area contributed by atoms with Crippen molar-refractivity contribution in [3.05, 3.63) is 60.2 Å². The van der Waals surface area contributed by atoms with Gasteiger partial charge in [0.25, 0.3) is 0 Å². The number of carbonyl (C=O) groups is 1. The number of nitrogens with one attached hydrogen (secondary N) is 1. The summed E-state index contributed by atoms with van der Waals surface area (Å²) in [5.41, 5.74) is 2.98. The van der Waals surface area contributed by atoms with Crippen LogP contribution in [0.15, 0.2) is 54.6 Å². The molecule has 6 heteroatoms. The monoisotopic (exact) mass is 326 g/mol. The molecule has 0 saturated carbocycles. The van der Waals surface area contributed by atoms with E-state index in [0.29, 0.717) is 6.54 Å². The normalized spacial score (nSPS) is 10.8. The van der Waals surface area contributed by atoms with Crippen LogP contribution in [0.25, 0.3) is 11.0 Å². The molecule has 0 atom stereocenters. The van der Waals surface area contributed by atoms with Gasteiger partial charge >= 0.3 is 0 Å². The molecule has 118 valence electrons. The molecule has 0 aliphatic rings. The quantitative estimate of drug-likeness (QED) is 0.678. The van der Waals surface area contributed by atoms with Gasteiger partial charge in [-0.15, -0.1) is 5.10 Å². The summed E-state index contributed by atoms with van der Waals surface area (Å²) in [5.74, 6) is 1.81. The SMILES string of the molecule is O=C(Cn1nnc2ccccc21)NCCSCc1ccccc1. The molecular weight excluding hydrogens is 308 g/mol. The standard InChI is InChI=1S/C17H18N4OS/c22-17(12-21-16-9-5-4-8-15(16)19-20-21)18-10-11-23-13-14-6-2-1-3-7-14/h1-9H,10-13H2,(H,18,22). The molecule has 1 N–H and O–H groups in total. The second-order valence-electron chi connectivity index (χ2n) is 5.12. The Hall–Kier alpha value is -2.34. The van der Waals surface area contributed by atoms with E-state index < -0.39 is 0 Å². The predicted molar refractivity (Wildman–Crippen MR) is 93.1 cm³/mol. The van der Waals surface area contributed by atoms with Gasteiger partial charge in [0.15, 0.2) is 0 Å². The van der Waals surface area contributed by atoms with Crippen LogP contribution in [-0.4, -0.2) is 33.2 Å². The van der Waals surface area contributed by atoms with Gasteiger partial charge in [0.05, 0.1) is 5.52 Å². The molecule has 0 aliphatic heterocycles. The zero-order valence-corrected chi connectivity index (χ0v) is 13.5. The predicted octanol–water partition coefficient (Wildman–Crippen LogP) is 2.48. The molecule has 0 aliphatic carbocycles. The number of hydrogen-bond donors (Lipinski definition) is 1. The van der Waals surface area contributed by atoms with Gasteiger partial charge in [0.1, 0.15) is 12.1 Å². The maximum atomic E-state index is 12.0. The first-order chi connectivity index (χ1) is 11.3. The topological polar surface area (TPSA) is 59.8 Å². The number of nitrogens with zero attached hydrogens (tertiary/aromatic N) is 3. The van der Waals surface area contributed by atoms with Crippen LogP contribution in [-0.2, 0) is 17.1 Å². The lowest BCUT2D eigenvalue weighted by Crippen LogP contribution is -2.29. The lowest BCUT2D eigenvalue weighted by atomic mass is 10.2. The fourth-order valence-electron chi connectivity index (χ4n) is 2.25. The van der Waals surface area contributed by atoms with Gasteiger partial charge in [0, 0.05) is 18.1 Å². The van der Waals surface area contributed by atoms with Gasteiger partial charge in [0.2, 0.25) is 5.91 Å². The Labute approximate surface area is 139 Å². The Morgan fingerprint density at radius 3 is 2.74 bits per heavy atom. The summed E-state index contributed by atoms with van der Waals surface area (Å²) in [6.45, 7) is 0.854. The van der Waals surface area contributed by atoms with Gasteiger partial charge in [-0.1, -0.05) is 47.7 Å². The molecule has 1 amide bonds. The molecule has 0 spiro atoms. The molecule has 2 aromatic carbocycles. The van der Waals surface area contributed by atoms with Crippen LogP contribution >= 0.6 is 11.8 Å². The average Bonchev–Trinajstić information content (AvgIpc) is 2.99. The minimum atomic E-state index is -0.0408. The molecule has 0 bridgehead atoms. The van der Waals surface area contributed by atoms with E-state index in [1.165, 1.54) is 5.56 Å². The molecule has 1 aromatic heterocycles. The van der Waals surface area contributed by atoms with Gasteiger partial charge in [-0.3, -0.25) is 4.79 Å². The van der Waals surface area contributed by atoms with E-state index in [1.807, 2.05) is 54.2 Å². The summed E-state index contributed by atoms with van der Waals surface area (Å²) < 4.78 is 1.63. The molecule has 3 rings (SSSR count). The van der Waals surface area contributed by atoms with Crippen LogP contribution in [0, 0.1) is 0 Å². The molecule has 0 radical (unpaired) electrons. The lowest BCUT2D eigenvalue weighted by molar-refractivity contribution is -0.121. The van der Waals surface area contributed by atoms with E-state index in [-0.39, 0.29) is 12.5 Å². The van der Waals surface area contributed by atoms with E-state index in [0.717, 1.165) is 22.5 Å². The smallest absolute Gasteiger partial charge is 0.241 e. The van der Waals surface area contributed by atoms with Gasteiger partial charge in [-0.05, 0) is 17.7 Å². The summed E-state index contributed by atoms with van der Waals surface area (Å²) in [6.07, 6.45) is 0. The third-order valence-corrected chi connectivity index (χ3v) is 4.42. The van der Waals surface area contributed by atoms with Crippen molar-refractivity contribution < 1.29 is 4.79 Å². The Kier molecular flexibility index (Phi) is 5.26. The highest BCUT2D eigenvalue weighted by molar-refractivity contribution is 7.98.